The number of rotatable bonds is 2. The molecule has 0 bridgehead atoms. The average Bonchev–Trinajstić information content (AvgIpc) is 3.09. The Balaban J connectivity index is 1.82. The second-order valence-corrected chi connectivity index (χ2v) is 6.88. The highest BCUT2D eigenvalue weighted by atomic mass is 32.2. The molecule has 24 heavy (non-hydrogen) atoms. The molecule has 1 fully saturated rings. The number of aromatic hydroxyl groups is 1. The number of furan rings is 1. The van der Waals surface area contributed by atoms with E-state index < -0.39 is 0 Å². The number of carbonyl (C=O) groups is 1. The van der Waals surface area contributed by atoms with Gasteiger partial charge in [0.25, 0.3) is 5.91 Å². The van der Waals surface area contributed by atoms with E-state index in [0.717, 1.165) is 16.5 Å². The van der Waals surface area contributed by atoms with Crippen LogP contribution in [0.5, 0.6) is 5.75 Å². The summed E-state index contributed by atoms with van der Waals surface area (Å²) in [5.74, 6) is 0.490. The molecular weight excluding hydrogens is 344 g/mol. The number of nitrogens with zero attached hydrogens (tertiary/aromatic N) is 1. The number of carbonyl (C=O) groups excluding carboxylic acids is 1. The highest BCUT2D eigenvalue weighted by Gasteiger charge is 2.22. The summed E-state index contributed by atoms with van der Waals surface area (Å²) in [6.07, 6.45) is 5.04. The van der Waals surface area contributed by atoms with Crippen LogP contribution < -0.4 is 5.32 Å². The standard InChI is InChI=1S/C17H10N2O3S2/c20-11-3-1-2-9(4-11)13-8-18-7-10-5-12(22-15(10)13)6-14-16(21)19-17(23)24-14/h1-8,20H,(H,19,21,23)/b14-6+. The molecule has 3 aromatic rings. The third-order valence-corrected chi connectivity index (χ3v) is 4.68. The number of benzene rings is 1. The highest BCUT2D eigenvalue weighted by Crippen LogP contribution is 2.33. The van der Waals surface area contributed by atoms with Gasteiger partial charge in [0.2, 0.25) is 0 Å². The average molecular weight is 354 g/mol. The van der Waals surface area contributed by atoms with Crippen LogP contribution in [0, 0.1) is 0 Å². The van der Waals surface area contributed by atoms with E-state index in [1.54, 1.807) is 36.7 Å². The van der Waals surface area contributed by atoms with E-state index in [0.29, 0.717) is 20.6 Å². The molecular formula is C17H10N2O3S2. The third-order valence-electron chi connectivity index (χ3n) is 3.51. The lowest BCUT2D eigenvalue weighted by Gasteiger charge is -2.02. The van der Waals surface area contributed by atoms with Gasteiger partial charge in [-0.3, -0.25) is 9.78 Å². The van der Waals surface area contributed by atoms with Crippen LogP contribution in [0.15, 0.2) is 52.0 Å². The summed E-state index contributed by atoms with van der Waals surface area (Å²) in [7, 11) is 0. The van der Waals surface area contributed by atoms with Crippen LogP contribution in [-0.2, 0) is 4.79 Å². The van der Waals surface area contributed by atoms with Gasteiger partial charge in [-0.05, 0) is 23.8 Å². The van der Waals surface area contributed by atoms with Crippen LogP contribution in [0.2, 0.25) is 0 Å². The molecule has 0 atom stereocenters. The minimum atomic E-state index is -0.225. The van der Waals surface area contributed by atoms with Gasteiger partial charge >= 0.3 is 0 Å². The van der Waals surface area contributed by atoms with Crippen molar-refractivity contribution in [2.75, 3.05) is 0 Å². The van der Waals surface area contributed by atoms with Crippen LogP contribution in [-0.4, -0.2) is 20.3 Å². The molecule has 0 radical (unpaired) electrons. The first-order chi connectivity index (χ1) is 11.6. The number of phenolic OH excluding ortho intramolecular Hbond substituents is 1. The molecule has 0 unspecified atom stereocenters. The fraction of sp³-hybridized carbons (Fsp3) is 0. The topological polar surface area (TPSA) is 75.4 Å². The lowest BCUT2D eigenvalue weighted by Crippen LogP contribution is -2.17. The Morgan fingerprint density at radius 1 is 1.29 bits per heavy atom. The van der Waals surface area contributed by atoms with Crippen LogP contribution in [0.25, 0.3) is 28.2 Å². The van der Waals surface area contributed by atoms with Crippen molar-refractivity contribution >= 4 is 51.3 Å². The first-order valence-corrected chi connectivity index (χ1v) is 8.24. The minimum Gasteiger partial charge on any atom is -0.508 e. The van der Waals surface area contributed by atoms with Crippen molar-refractivity contribution in [3.05, 3.63) is 53.4 Å². The van der Waals surface area contributed by atoms with Gasteiger partial charge in [-0.15, -0.1) is 0 Å². The summed E-state index contributed by atoms with van der Waals surface area (Å²) in [6, 6.07) is 8.70. The molecule has 0 spiro atoms. The fourth-order valence-electron chi connectivity index (χ4n) is 2.48. The van der Waals surface area contributed by atoms with E-state index in [1.165, 1.54) is 11.8 Å². The van der Waals surface area contributed by atoms with Crippen molar-refractivity contribution in [3.63, 3.8) is 0 Å². The SMILES string of the molecule is O=C1NC(=S)S/C1=C/c1cc2cncc(-c3cccc(O)c3)c2o1. The smallest absolute Gasteiger partial charge is 0.263 e. The number of thiocarbonyl (C=S) groups is 1. The molecule has 5 nitrogen and oxygen atoms in total. The minimum absolute atomic E-state index is 0.172. The molecule has 3 heterocycles. The number of hydrogen-bond acceptors (Lipinski definition) is 6. The number of hydrogen-bond donors (Lipinski definition) is 2. The Morgan fingerprint density at radius 2 is 2.17 bits per heavy atom. The highest BCUT2D eigenvalue weighted by molar-refractivity contribution is 8.26. The van der Waals surface area contributed by atoms with Crippen LogP contribution in [0.3, 0.4) is 0 Å². The monoisotopic (exact) mass is 354 g/mol. The maximum Gasteiger partial charge on any atom is 0.263 e. The quantitative estimate of drug-likeness (QED) is 0.540. The van der Waals surface area contributed by atoms with E-state index in [9.17, 15) is 9.90 Å². The molecule has 0 saturated carbocycles. The second kappa shape index (κ2) is 5.77. The van der Waals surface area contributed by atoms with Gasteiger partial charge < -0.3 is 14.8 Å². The zero-order chi connectivity index (χ0) is 16.7. The van der Waals surface area contributed by atoms with Crippen molar-refractivity contribution < 1.29 is 14.3 Å². The van der Waals surface area contributed by atoms with Gasteiger partial charge in [0.1, 0.15) is 21.4 Å². The van der Waals surface area contributed by atoms with Gasteiger partial charge in [-0.2, -0.15) is 0 Å². The maximum absolute atomic E-state index is 11.8. The summed E-state index contributed by atoms with van der Waals surface area (Å²) in [5, 5.41) is 13.1. The van der Waals surface area contributed by atoms with Crippen molar-refractivity contribution in [3.8, 4) is 16.9 Å². The molecule has 118 valence electrons. The van der Waals surface area contributed by atoms with E-state index in [2.05, 4.69) is 10.3 Å². The molecule has 4 rings (SSSR count). The van der Waals surface area contributed by atoms with Gasteiger partial charge in [-0.25, -0.2) is 0 Å². The molecule has 1 saturated heterocycles. The van der Waals surface area contributed by atoms with Gasteiger partial charge in [0, 0.05) is 29.4 Å². The summed E-state index contributed by atoms with van der Waals surface area (Å²) in [6.45, 7) is 0. The summed E-state index contributed by atoms with van der Waals surface area (Å²) >= 11 is 6.18. The normalized spacial score (nSPS) is 16.1. The largest absolute Gasteiger partial charge is 0.508 e. The number of fused-ring (bicyclic) bond motifs is 1. The van der Waals surface area contributed by atoms with Crippen molar-refractivity contribution in [1.82, 2.24) is 10.3 Å². The van der Waals surface area contributed by atoms with Crippen molar-refractivity contribution in [2.24, 2.45) is 0 Å². The Morgan fingerprint density at radius 3 is 2.92 bits per heavy atom. The number of thioether (sulfide) groups is 1. The van der Waals surface area contributed by atoms with Crippen LogP contribution >= 0.6 is 24.0 Å². The predicted molar refractivity (Wildman–Crippen MR) is 97.4 cm³/mol. The Bertz CT molecular complexity index is 1020. The Hall–Kier alpha value is -2.64. The first-order valence-electron chi connectivity index (χ1n) is 7.02. The van der Waals surface area contributed by atoms with Crippen LogP contribution in [0.4, 0.5) is 0 Å². The molecule has 7 heteroatoms. The van der Waals surface area contributed by atoms with E-state index in [4.69, 9.17) is 16.6 Å². The summed E-state index contributed by atoms with van der Waals surface area (Å²) < 4.78 is 6.34. The molecule has 1 aliphatic rings. The maximum atomic E-state index is 11.8. The Labute approximate surface area is 146 Å². The molecule has 2 N–H and O–H groups in total. The summed E-state index contributed by atoms with van der Waals surface area (Å²) in [5.41, 5.74) is 2.22. The molecule has 1 aromatic carbocycles. The first kappa shape index (κ1) is 14.9. The van der Waals surface area contributed by atoms with Gasteiger partial charge in [-0.1, -0.05) is 36.1 Å². The lowest BCUT2D eigenvalue weighted by molar-refractivity contribution is -0.115. The van der Waals surface area contributed by atoms with Crippen LogP contribution in [0.1, 0.15) is 5.76 Å². The number of amides is 1. The number of phenols is 1. The molecule has 2 aromatic heterocycles. The van der Waals surface area contributed by atoms with Gasteiger partial charge in [0.05, 0.1) is 4.91 Å². The zero-order valence-electron chi connectivity index (χ0n) is 12.1. The van der Waals surface area contributed by atoms with Gasteiger partial charge in [0.15, 0.2) is 0 Å². The van der Waals surface area contributed by atoms with E-state index >= 15 is 0 Å². The third kappa shape index (κ3) is 2.68. The number of nitrogens with one attached hydrogen (secondary N) is 1. The van der Waals surface area contributed by atoms with Crippen molar-refractivity contribution in [2.45, 2.75) is 0 Å². The lowest BCUT2D eigenvalue weighted by atomic mass is 10.1. The van der Waals surface area contributed by atoms with E-state index in [-0.39, 0.29) is 11.7 Å². The number of aromatic nitrogens is 1. The Kier molecular flexibility index (Phi) is 3.59. The summed E-state index contributed by atoms with van der Waals surface area (Å²) in [4.78, 5) is 16.5. The second-order valence-electron chi connectivity index (χ2n) is 5.16. The van der Waals surface area contributed by atoms with Crippen molar-refractivity contribution in [1.29, 1.82) is 0 Å². The van der Waals surface area contributed by atoms with E-state index in [1.807, 2.05) is 12.1 Å². The molecule has 0 aliphatic carbocycles. The fourth-order valence-corrected chi connectivity index (χ4v) is 3.51. The molecule has 1 aliphatic heterocycles. The predicted octanol–water partition coefficient (Wildman–Crippen LogP) is 3.69. The zero-order valence-corrected chi connectivity index (χ0v) is 13.8. The molecule has 1 amide bonds. The number of pyridine rings is 1.